The van der Waals surface area contributed by atoms with Crippen LogP contribution in [-0.4, -0.2) is 38.6 Å². The molecule has 17 heavy (non-hydrogen) atoms. The number of carbonyl (C=O) groups excluding carboxylic acids is 1. The fourth-order valence-electron chi connectivity index (χ4n) is 1.99. The summed E-state index contributed by atoms with van der Waals surface area (Å²) >= 11 is 3.28. The molecule has 1 atom stereocenters. The number of hydrogen-bond acceptors (Lipinski definition) is 3. The molecule has 0 saturated carbocycles. The third-order valence-electron chi connectivity index (χ3n) is 2.84. The Morgan fingerprint density at radius 2 is 2.29 bits per heavy atom. The molecule has 94 valence electrons. The van der Waals surface area contributed by atoms with Gasteiger partial charge in [0, 0.05) is 34.4 Å². The molecular formula is C11H14BrNO3S. The van der Waals surface area contributed by atoms with Gasteiger partial charge in [-0.2, -0.15) is 0 Å². The Kier molecular flexibility index (Phi) is 3.45. The van der Waals surface area contributed by atoms with Crippen molar-refractivity contribution in [3.05, 3.63) is 22.6 Å². The second kappa shape index (κ2) is 4.57. The van der Waals surface area contributed by atoms with Crippen LogP contribution < -0.4 is 0 Å². The number of hydrogen-bond donors (Lipinski definition) is 0. The summed E-state index contributed by atoms with van der Waals surface area (Å²) in [5, 5.41) is 0. The summed E-state index contributed by atoms with van der Waals surface area (Å²) in [6.07, 6.45) is 1.48. The van der Waals surface area contributed by atoms with Crippen LogP contribution in [-0.2, 0) is 10.8 Å². The molecule has 1 fully saturated rings. The van der Waals surface area contributed by atoms with Crippen molar-refractivity contribution in [2.45, 2.75) is 19.4 Å². The van der Waals surface area contributed by atoms with Crippen molar-refractivity contribution in [3.63, 3.8) is 0 Å². The van der Waals surface area contributed by atoms with E-state index in [9.17, 15) is 9.00 Å². The van der Waals surface area contributed by atoms with Crippen LogP contribution in [0.15, 0.2) is 21.2 Å². The van der Waals surface area contributed by atoms with E-state index < -0.39 is 16.3 Å². The number of nitrogens with zero attached hydrogens (tertiary/aromatic N) is 1. The summed E-state index contributed by atoms with van der Waals surface area (Å²) in [7, 11) is -0.835. The minimum absolute atomic E-state index is 0.149. The van der Waals surface area contributed by atoms with Crippen LogP contribution in [0.2, 0.25) is 0 Å². The van der Waals surface area contributed by atoms with Crippen molar-refractivity contribution >= 4 is 32.6 Å². The van der Waals surface area contributed by atoms with E-state index in [2.05, 4.69) is 15.9 Å². The van der Waals surface area contributed by atoms with E-state index in [1.54, 1.807) is 11.0 Å². The van der Waals surface area contributed by atoms with Crippen molar-refractivity contribution in [1.29, 1.82) is 0 Å². The molecule has 0 spiro atoms. The zero-order chi connectivity index (χ0) is 12.6. The molecule has 2 heterocycles. The average Bonchev–Trinajstić information content (AvgIpc) is 2.62. The van der Waals surface area contributed by atoms with Crippen LogP contribution in [0.5, 0.6) is 0 Å². The Morgan fingerprint density at radius 3 is 2.82 bits per heavy atom. The van der Waals surface area contributed by atoms with Crippen molar-refractivity contribution in [3.8, 4) is 0 Å². The van der Waals surface area contributed by atoms with E-state index in [-0.39, 0.29) is 5.91 Å². The Balaban J connectivity index is 2.26. The summed E-state index contributed by atoms with van der Waals surface area (Å²) in [5.74, 6) is 1.21. The molecule has 1 aromatic rings. The highest BCUT2D eigenvalue weighted by molar-refractivity contribution is 9.10. The normalized spacial score (nSPS) is 23.7. The third-order valence-corrected chi connectivity index (χ3v) is 5.13. The number of carbonyl (C=O) groups is 1. The first-order valence-electron chi connectivity index (χ1n) is 5.32. The van der Waals surface area contributed by atoms with Gasteiger partial charge in [-0.3, -0.25) is 9.00 Å². The van der Waals surface area contributed by atoms with E-state index in [1.807, 2.05) is 13.8 Å². The monoisotopic (exact) mass is 319 g/mol. The molecular weight excluding hydrogens is 306 g/mol. The highest BCUT2D eigenvalue weighted by atomic mass is 79.9. The lowest BCUT2D eigenvalue weighted by Crippen LogP contribution is -2.56. The van der Waals surface area contributed by atoms with Gasteiger partial charge in [0.1, 0.15) is 0 Å². The van der Waals surface area contributed by atoms with Gasteiger partial charge in [0.05, 0.1) is 10.7 Å². The maximum atomic E-state index is 12.3. The van der Waals surface area contributed by atoms with E-state index in [0.29, 0.717) is 28.3 Å². The largest absolute Gasteiger partial charge is 0.458 e. The fourth-order valence-corrected chi connectivity index (χ4v) is 3.83. The standard InChI is InChI=1S/C11H14BrNO3S/c1-11(2)7-17(15)6-4-13(11)10(14)9-8(12)3-5-16-9/h3,5H,4,6-7H2,1-2H3/t17-/m0/s1. The predicted molar refractivity (Wildman–Crippen MR) is 69.4 cm³/mol. The van der Waals surface area contributed by atoms with Gasteiger partial charge >= 0.3 is 0 Å². The van der Waals surface area contributed by atoms with Gasteiger partial charge in [0.15, 0.2) is 0 Å². The van der Waals surface area contributed by atoms with Crippen LogP contribution in [0, 0.1) is 0 Å². The highest BCUT2D eigenvalue weighted by Crippen LogP contribution is 2.26. The second-order valence-corrected chi connectivity index (χ2v) is 7.09. The van der Waals surface area contributed by atoms with Crippen molar-refractivity contribution in [2.75, 3.05) is 18.1 Å². The van der Waals surface area contributed by atoms with Crippen LogP contribution in [0.4, 0.5) is 0 Å². The molecule has 1 saturated heterocycles. The maximum absolute atomic E-state index is 12.3. The number of halogens is 1. The summed E-state index contributed by atoms with van der Waals surface area (Å²) in [6.45, 7) is 4.36. The zero-order valence-corrected chi connectivity index (χ0v) is 12.1. The molecule has 1 aliphatic rings. The van der Waals surface area contributed by atoms with Gasteiger partial charge in [-0.15, -0.1) is 0 Å². The minimum atomic E-state index is -0.835. The smallest absolute Gasteiger partial charge is 0.291 e. The van der Waals surface area contributed by atoms with Crippen molar-refractivity contribution < 1.29 is 13.4 Å². The first-order valence-corrected chi connectivity index (χ1v) is 7.60. The first-order chi connectivity index (χ1) is 7.92. The van der Waals surface area contributed by atoms with Crippen LogP contribution in [0.25, 0.3) is 0 Å². The Hall–Kier alpha value is -0.620. The first kappa shape index (κ1) is 12.8. The van der Waals surface area contributed by atoms with Crippen molar-refractivity contribution in [1.82, 2.24) is 4.90 Å². The molecule has 0 aliphatic carbocycles. The molecule has 0 radical (unpaired) electrons. The van der Waals surface area contributed by atoms with E-state index in [4.69, 9.17) is 4.42 Å². The predicted octanol–water partition coefficient (Wildman–Crippen LogP) is 2.03. The number of amides is 1. The van der Waals surface area contributed by atoms with Gasteiger partial charge in [0.25, 0.3) is 5.91 Å². The Morgan fingerprint density at radius 1 is 1.59 bits per heavy atom. The van der Waals surface area contributed by atoms with Crippen LogP contribution >= 0.6 is 15.9 Å². The molecule has 4 nitrogen and oxygen atoms in total. The number of furan rings is 1. The lowest BCUT2D eigenvalue weighted by atomic mass is 10.1. The summed E-state index contributed by atoms with van der Waals surface area (Å²) in [6, 6.07) is 1.70. The summed E-state index contributed by atoms with van der Waals surface area (Å²) < 4.78 is 17.4. The molecule has 0 aromatic carbocycles. The molecule has 1 aromatic heterocycles. The Bertz CT molecular complexity index is 469. The fraction of sp³-hybridized carbons (Fsp3) is 0.545. The summed E-state index contributed by atoms with van der Waals surface area (Å²) in [5.41, 5.74) is -0.396. The summed E-state index contributed by atoms with van der Waals surface area (Å²) in [4.78, 5) is 14.0. The van der Waals surface area contributed by atoms with Gasteiger partial charge in [-0.25, -0.2) is 0 Å². The molecule has 0 bridgehead atoms. The van der Waals surface area contributed by atoms with Gasteiger partial charge < -0.3 is 9.32 Å². The third kappa shape index (κ3) is 2.47. The molecule has 1 amide bonds. The van der Waals surface area contributed by atoms with Crippen molar-refractivity contribution in [2.24, 2.45) is 0 Å². The lowest BCUT2D eigenvalue weighted by molar-refractivity contribution is 0.0560. The zero-order valence-electron chi connectivity index (χ0n) is 9.73. The van der Waals surface area contributed by atoms with Gasteiger partial charge in [-0.1, -0.05) is 0 Å². The average molecular weight is 320 g/mol. The highest BCUT2D eigenvalue weighted by Gasteiger charge is 2.38. The second-order valence-electron chi connectivity index (χ2n) is 4.66. The van der Waals surface area contributed by atoms with E-state index in [0.717, 1.165) is 0 Å². The maximum Gasteiger partial charge on any atom is 0.291 e. The van der Waals surface area contributed by atoms with E-state index in [1.165, 1.54) is 6.26 Å². The number of rotatable bonds is 1. The Labute approximate surface area is 111 Å². The van der Waals surface area contributed by atoms with E-state index >= 15 is 0 Å². The molecule has 0 unspecified atom stereocenters. The topological polar surface area (TPSA) is 50.5 Å². The quantitative estimate of drug-likeness (QED) is 0.795. The molecule has 1 aliphatic heterocycles. The molecule has 0 N–H and O–H groups in total. The molecule has 6 heteroatoms. The lowest BCUT2D eigenvalue weighted by Gasteiger charge is -2.41. The van der Waals surface area contributed by atoms with Gasteiger partial charge in [0.2, 0.25) is 5.76 Å². The van der Waals surface area contributed by atoms with Gasteiger partial charge in [-0.05, 0) is 35.8 Å². The SMILES string of the molecule is CC1(C)C[S@@](=O)CCN1C(=O)c1occc1Br. The van der Waals surface area contributed by atoms with Crippen LogP contribution in [0.1, 0.15) is 24.4 Å². The molecule has 2 rings (SSSR count). The minimum Gasteiger partial charge on any atom is -0.458 e. The van der Waals surface area contributed by atoms with Crippen LogP contribution in [0.3, 0.4) is 0 Å².